The lowest BCUT2D eigenvalue weighted by Gasteiger charge is -2.08. The minimum absolute atomic E-state index is 0.164. The Morgan fingerprint density at radius 2 is 1.95 bits per heavy atom. The molecule has 0 fully saturated rings. The summed E-state index contributed by atoms with van der Waals surface area (Å²) in [5.41, 5.74) is 11.7. The molecular formula is C14H24N4O2S. The normalized spacial score (nSPS) is 10.7. The van der Waals surface area contributed by atoms with Crippen LogP contribution >= 0.6 is 11.3 Å². The monoisotopic (exact) mass is 312 g/mol. The topological polar surface area (TPSA) is 101 Å². The molecular weight excluding hydrogens is 288 g/mol. The van der Waals surface area contributed by atoms with E-state index in [1.807, 2.05) is 0 Å². The largest absolute Gasteiger partial charge is 0.397 e. The van der Waals surface area contributed by atoms with Crippen molar-refractivity contribution in [1.82, 2.24) is 4.90 Å². The first-order valence-electron chi connectivity index (χ1n) is 6.93. The van der Waals surface area contributed by atoms with Crippen molar-refractivity contribution in [3.63, 3.8) is 0 Å². The lowest BCUT2D eigenvalue weighted by molar-refractivity contribution is 0.0833. The molecule has 0 aromatic carbocycles. The van der Waals surface area contributed by atoms with Crippen molar-refractivity contribution in [3.05, 3.63) is 10.4 Å². The molecule has 0 aliphatic heterocycles. The fraction of sp³-hybridized carbons (Fsp3) is 0.571. The van der Waals surface area contributed by atoms with Gasteiger partial charge in [-0.25, -0.2) is 0 Å². The number of carbonyl (C=O) groups is 2. The molecule has 1 heterocycles. The van der Waals surface area contributed by atoms with E-state index >= 15 is 0 Å². The van der Waals surface area contributed by atoms with E-state index < -0.39 is 5.91 Å². The summed E-state index contributed by atoms with van der Waals surface area (Å²) in [6.07, 6.45) is 2.06. The lowest BCUT2D eigenvalue weighted by atomic mass is 10.1. The highest BCUT2D eigenvalue weighted by Gasteiger charge is 2.24. The molecule has 1 aromatic rings. The molecule has 0 unspecified atom stereocenters. The van der Waals surface area contributed by atoms with E-state index in [9.17, 15) is 9.59 Å². The molecule has 5 N–H and O–H groups in total. The number of amides is 2. The molecule has 1 aromatic heterocycles. The Hall–Kier alpha value is -1.76. The summed E-state index contributed by atoms with van der Waals surface area (Å²) < 4.78 is 0. The van der Waals surface area contributed by atoms with Gasteiger partial charge >= 0.3 is 0 Å². The van der Waals surface area contributed by atoms with Gasteiger partial charge in [0.25, 0.3) is 11.8 Å². The van der Waals surface area contributed by atoms with Crippen molar-refractivity contribution in [2.24, 2.45) is 11.7 Å². The molecule has 0 radical (unpaired) electrons. The van der Waals surface area contributed by atoms with Gasteiger partial charge in [0.15, 0.2) is 0 Å². The highest BCUT2D eigenvalue weighted by Crippen LogP contribution is 2.36. The highest BCUT2D eigenvalue weighted by atomic mass is 32.1. The number of anilines is 2. The number of carbonyl (C=O) groups excluding carboxylic acids is 2. The maximum absolute atomic E-state index is 12.0. The molecule has 0 spiro atoms. The molecule has 0 saturated carbocycles. The van der Waals surface area contributed by atoms with Crippen LogP contribution in [0.5, 0.6) is 0 Å². The minimum atomic E-state index is -0.618. The average molecular weight is 312 g/mol. The molecule has 0 atom stereocenters. The molecule has 0 aliphatic carbocycles. The van der Waals surface area contributed by atoms with Crippen molar-refractivity contribution >= 4 is 33.8 Å². The van der Waals surface area contributed by atoms with Crippen LogP contribution in [0.3, 0.4) is 0 Å². The summed E-state index contributed by atoms with van der Waals surface area (Å²) >= 11 is 1.18. The number of rotatable bonds is 7. The van der Waals surface area contributed by atoms with Crippen LogP contribution in [0.1, 0.15) is 46.7 Å². The number of primary amides is 1. The molecule has 7 heteroatoms. The number of nitrogens with one attached hydrogen (secondary N) is 1. The second-order valence-corrected chi connectivity index (χ2v) is 6.60. The third-order valence-electron chi connectivity index (χ3n) is 3.04. The third kappa shape index (κ3) is 4.35. The van der Waals surface area contributed by atoms with Crippen LogP contribution in [0.25, 0.3) is 0 Å². The van der Waals surface area contributed by atoms with E-state index in [2.05, 4.69) is 19.2 Å². The third-order valence-corrected chi connectivity index (χ3v) is 4.19. The van der Waals surface area contributed by atoms with Crippen LogP contribution in [0, 0.1) is 5.92 Å². The van der Waals surface area contributed by atoms with Crippen LogP contribution in [0.4, 0.5) is 10.7 Å². The number of hydrogen-bond acceptors (Lipinski definition) is 5. The first-order chi connectivity index (χ1) is 9.75. The maximum Gasteiger partial charge on any atom is 0.265 e. The van der Waals surface area contributed by atoms with E-state index in [1.54, 1.807) is 14.1 Å². The van der Waals surface area contributed by atoms with Gasteiger partial charge in [0, 0.05) is 20.6 Å². The first-order valence-corrected chi connectivity index (χ1v) is 7.74. The number of nitrogens with two attached hydrogens (primary N) is 2. The van der Waals surface area contributed by atoms with Gasteiger partial charge in [-0.05, 0) is 18.8 Å². The van der Waals surface area contributed by atoms with Crippen molar-refractivity contribution in [3.8, 4) is 0 Å². The van der Waals surface area contributed by atoms with Gasteiger partial charge < -0.3 is 21.7 Å². The summed E-state index contributed by atoms with van der Waals surface area (Å²) in [7, 11) is 3.28. The lowest BCUT2D eigenvalue weighted by Crippen LogP contribution is -2.22. The number of nitrogen functional groups attached to an aromatic ring is 1. The zero-order chi connectivity index (χ0) is 16.2. The van der Waals surface area contributed by atoms with E-state index in [1.165, 1.54) is 16.2 Å². The van der Waals surface area contributed by atoms with E-state index in [0.717, 1.165) is 12.8 Å². The number of hydrogen-bond donors (Lipinski definition) is 3. The van der Waals surface area contributed by atoms with Crippen LogP contribution in [0.15, 0.2) is 0 Å². The number of nitrogens with zero attached hydrogens (tertiary/aromatic N) is 1. The molecule has 0 aliphatic rings. The van der Waals surface area contributed by atoms with Gasteiger partial charge in [-0.3, -0.25) is 9.59 Å². The Labute approximate surface area is 129 Å². The smallest absolute Gasteiger partial charge is 0.265 e. The predicted molar refractivity (Wildman–Crippen MR) is 87.8 cm³/mol. The standard InChI is InChI=1S/C14H24N4O2S/c1-8(2)6-5-7-17-13-9(12(16)19)10(15)11(21-13)14(20)18(3)4/h8,17H,5-7,15H2,1-4H3,(H2,16,19). The van der Waals surface area contributed by atoms with Gasteiger partial charge in [0.2, 0.25) is 0 Å². The van der Waals surface area contributed by atoms with Crippen LogP contribution in [-0.4, -0.2) is 37.4 Å². The zero-order valence-corrected chi connectivity index (χ0v) is 13.8. The van der Waals surface area contributed by atoms with E-state index in [-0.39, 0.29) is 17.2 Å². The fourth-order valence-electron chi connectivity index (χ4n) is 1.89. The summed E-state index contributed by atoms with van der Waals surface area (Å²) in [6, 6.07) is 0. The van der Waals surface area contributed by atoms with Crippen molar-refractivity contribution < 1.29 is 9.59 Å². The second kappa shape index (κ2) is 7.31. The van der Waals surface area contributed by atoms with Crippen LogP contribution in [0.2, 0.25) is 0 Å². The zero-order valence-electron chi connectivity index (χ0n) is 13.0. The first kappa shape index (κ1) is 17.3. The quantitative estimate of drug-likeness (QED) is 0.670. The Morgan fingerprint density at radius 3 is 2.43 bits per heavy atom. The van der Waals surface area contributed by atoms with Gasteiger partial charge in [-0.1, -0.05) is 13.8 Å². The average Bonchev–Trinajstić information content (AvgIpc) is 2.70. The SMILES string of the molecule is CC(C)CCCNc1sc(C(=O)N(C)C)c(N)c1C(N)=O. The minimum Gasteiger partial charge on any atom is -0.397 e. The van der Waals surface area contributed by atoms with Crippen LogP contribution in [-0.2, 0) is 0 Å². The molecule has 0 bridgehead atoms. The Balaban J connectivity index is 2.95. The molecule has 1 rings (SSSR count). The van der Waals surface area contributed by atoms with Crippen molar-refractivity contribution in [1.29, 1.82) is 0 Å². The molecule has 0 saturated heterocycles. The van der Waals surface area contributed by atoms with Gasteiger partial charge in [0.05, 0.1) is 11.3 Å². The van der Waals surface area contributed by atoms with Crippen molar-refractivity contribution in [2.45, 2.75) is 26.7 Å². The molecule has 2 amide bonds. The van der Waals surface area contributed by atoms with Gasteiger partial charge in [-0.2, -0.15) is 0 Å². The van der Waals surface area contributed by atoms with Gasteiger partial charge in [0.1, 0.15) is 9.88 Å². The van der Waals surface area contributed by atoms with Crippen molar-refractivity contribution in [2.75, 3.05) is 31.7 Å². The Morgan fingerprint density at radius 1 is 1.33 bits per heavy atom. The summed E-state index contributed by atoms with van der Waals surface area (Å²) in [5.74, 6) is -0.218. The molecule has 118 valence electrons. The number of thiophene rings is 1. The fourth-order valence-corrected chi connectivity index (χ4v) is 3.06. The van der Waals surface area contributed by atoms with E-state index in [4.69, 9.17) is 11.5 Å². The van der Waals surface area contributed by atoms with Crippen LogP contribution < -0.4 is 16.8 Å². The Bertz CT molecular complexity index is 523. The predicted octanol–water partition coefficient (Wildman–Crippen LogP) is 1.98. The summed E-state index contributed by atoms with van der Waals surface area (Å²) in [4.78, 5) is 25.4. The molecule has 6 nitrogen and oxygen atoms in total. The maximum atomic E-state index is 12.0. The second-order valence-electron chi connectivity index (χ2n) is 5.58. The highest BCUT2D eigenvalue weighted by molar-refractivity contribution is 7.19. The van der Waals surface area contributed by atoms with Gasteiger partial charge in [-0.15, -0.1) is 11.3 Å². The molecule has 21 heavy (non-hydrogen) atoms. The summed E-state index contributed by atoms with van der Waals surface area (Å²) in [6.45, 7) is 5.03. The van der Waals surface area contributed by atoms with E-state index in [0.29, 0.717) is 22.3 Å². The Kier molecular flexibility index (Phi) is 6.02. The summed E-state index contributed by atoms with van der Waals surface area (Å²) in [5, 5.41) is 3.75.